The summed E-state index contributed by atoms with van der Waals surface area (Å²) >= 11 is 4.23. The molecule has 0 heterocycles. The normalized spacial score (nSPS) is 30.8. The number of carbonyl (C=O) groups is 1. The molecular formula is C15H25NOS. The van der Waals surface area contributed by atoms with Gasteiger partial charge in [0.1, 0.15) is 0 Å². The summed E-state index contributed by atoms with van der Waals surface area (Å²) in [5.74, 6) is 1.37. The summed E-state index contributed by atoms with van der Waals surface area (Å²) in [5, 5.41) is 3.47. The van der Waals surface area contributed by atoms with E-state index in [1.54, 1.807) is 6.08 Å². The Balaban J connectivity index is 2.95. The molecule has 0 bridgehead atoms. The highest BCUT2D eigenvalue weighted by Gasteiger charge is 2.43. The van der Waals surface area contributed by atoms with Crippen LogP contribution in [0.1, 0.15) is 27.7 Å². The standard InChI is InChI=1S/C15H25NOS/c1-5-6-12(17)14-11(2)7-8-13(15(14,3)4)16-9-10-18/h5-8,11,13-14,16,18H,9-10H2,1-4H3/b6-5+. The molecular weight excluding hydrogens is 242 g/mol. The zero-order chi connectivity index (χ0) is 13.8. The molecule has 3 unspecified atom stereocenters. The molecule has 18 heavy (non-hydrogen) atoms. The molecule has 1 aliphatic rings. The van der Waals surface area contributed by atoms with Crippen molar-refractivity contribution < 1.29 is 4.79 Å². The molecule has 3 heteroatoms. The second-order valence-corrected chi connectivity index (χ2v) is 6.05. The van der Waals surface area contributed by atoms with Gasteiger partial charge in [-0.1, -0.05) is 39.0 Å². The molecule has 0 amide bonds. The molecule has 1 rings (SSSR count). The molecule has 0 aromatic rings. The van der Waals surface area contributed by atoms with Crippen molar-refractivity contribution in [3.63, 3.8) is 0 Å². The van der Waals surface area contributed by atoms with Crippen LogP contribution >= 0.6 is 12.6 Å². The molecule has 0 aliphatic heterocycles. The number of hydrogen-bond donors (Lipinski definition) is 2. The van der Waals surface area contributed by atoms with E-state index in [1.807, 2.05) is 13.0 Å². The van der Waals surface area contributed by atoms with Crippen molar-refractivity contribution in [3.8, 4) is 0 Å². The van der Waals surface area contributed by atoms with Crippen molar-refractivity contribution in [1.82, 2.24) is 5.32 Å². The molecule has 0 radical (unpaired) electrons. The summed E-state index contributed by atoms with van der Waals surface area (Å²) in [6.45, 7) is 9.23. The number of carbonyl (C=O) groups excluding carboxylic acids is 1. The van der Waals surface area contributed by atoms with Crippen LogP contribution in [0.3, 0.4) is 0 Å². The van der Waals surface area contributed by atoms with E-state index in [0.29, 0.717) is 0 Å². The first kappa shape index (κ1) is 15.5. The van der Waals surface area contributed by atoms with E-state index in [0.717, 1.165) is 12.3 Å². The maximum absolute atomic E-state index is 12.3. The van der Waals surface area contributed by atoms with E-state index in [-0.39, 0.29) is 29.1 Å². The number of thiol groups is 1. The summed E-state index contributed by atoms with van der Waals surface area (Å²) in [7, 11) is 0. The molecule has 102 valence electrons. The maximum Gasteiger partial charge on any atom is 0.159 e. The van der Waals surface area contributed by atoms with Crippen LogP contribution in [-0.2, 0) is 4.79 Å². The topological polar surface area (TPSA) is 29.1 Å². The first-order valence-electron chi connectivity index (χ1n) is 6.64. The van der Waals surface area contributed by atoms with Gasteiger partial charge in [0.05, 0.1) is 0 Å². The van der Waals surface area contributed by atoms with Gasteiger partial charge in [-0.05, 0) is 24.3 Å². The van der Waals surface area contributed by atoms with Gasteiger partial charge in [0.25, 0.3) is 0 Å². The Morgan fingerprint density at radius 1 is 1.44 bits per heavy atom. The lowest BCUT2D eigenvalue weighted by Crippen LogP contribution is -2.51. The van der Waals surface area contributed by atoms with Crippen LogP contribution in [0.25, 0.3) is 0 Å². The molecule has 0 saturated carbocycles. The fourth-order valence-electron chi connectivity index (χ4n) is 2.96. The highest BCUT2D eigenvalue weighted by atomic mass is 32.1. The molecule has 1 N–H and O–H groups in total. The third-order valence-corrected chi connectivity index (χ3v) is 4.07. The van der Waals surface area contributed by atoms with Gasteiger partial charge >= 0.3 is 0 Å². The molecule has 0 fully saturated rings. The highest BCUT2D eigenvalue weighted by Crippen LogP contribution is 2.41. The summed E-state index contributed by atoms with van der Waals surface area (Å²) in [6.07, 6.45) is 7.90. The molecule has 0 aromatic carbocycles. The SMILES string of the molecule is C/C=C/C(=O)C1C(C)C=CC(NCCS)C1(C)C. The van der Waals surface area contributed by atoms with Crippen molar-refractivity contribution in [2.45, 2.75) is 33.7 Å². The Labute approximate surface area is 116 Å². The average Bonchev–Trinajstić information content (AvgIpc) is 2.27. The van der Waals surface area contributed by atoms with Crippen LogP contribution in [0.5, 0.6) is 0 Å². The molecule has 2 nitrogen and oxygen atoms in total. The number of ketones is 1. The minimum Gasteiger partial charge on any atom is -0.309 e. The van der Waals surface area contributed by atoms with E-state index in [1.165, 1.54) is 0 Å². The Morgan fingerprint density at radius 3 is 2.67 bits per heavy atom. The highest BCUT2D eigenvalue weighted by molar-refractivity contribution is 7.80. The van der Waals surface area contributed by atoms with Gasteiger partial charge in [-0.2, -0.15) is 12.6 Å². The smallest absolute Gasteiger partial charge is 0.159 e. The minimum atomic E-state index is -0.0757. The lowest BCUT2D eigenvalue weighted by molar-refractivity contribution is -0.124. The quantitative estimate of drug-likeness (QED) is 0.456. The van der Waals surface area contributed by atoms with Crippen LogP contribution < -0.4 is 5.32 Å². The third-order valence-electron chi connectivity index (χ3n) is 3.85. The van der Waals surface area contributed by atoms with Gasteiger partial charge in [0.15, 0.2) is 5.78 Å². The van der Waals surface area contributed by atoms with Crippen LogP contribution in [-0.4, -0.2) is 24.1 Å². The molecule has 0 spiro atoms. The molecule has 0 aromatic heterocycles. The second-order valence-electron chi connectivity index (χ2n) is 5.60. The van der Waals surface area contributed by atoms with Crippen LogP contribution in [0, 0.1) is 17.3 Å². The van der Waals surface area contributed by atoms with E-state index >= 15 is 0 Å². The Morgan fingerprint density at radius 2 is 2.11 bits per heavy atom. The maximum atomic E-state index is 12.3. The Kier molecular flexibility index (Phi) is 5.67. The van der Waals surface area contributed by atoms with E-state index in [4.69, 9.17) is 0 Å². The van der Waals surface area contributed by atoms with Crippen molar-refractivity contribution in [2.75, 3.05) is 12.3 Å². The van der Waals surface area contributed by atoms with E-state index < -0.39 is 0 Å². The monoisotopic (exact) mass is 267 g/mol. The van der Waals surface area contributed by atoms with Crippen molar-refractivity contribution in [1.29, 1.82) is 0 Å². The Bertz CT molecular complexity index is 346. The Hall–Kier alpha value is -0.540. The van der Waals surface area contributed by atoms with Crippen LogP contribution in [0.2, 0.25) is 0 Å². The van der Waals surface area contributed by atoms with Gasteiger partial charge in [0, 0.05) is 24.3 Å². The molecule has 3 atom stereocenters. The number of hydrogen-bond acceptors (Lipinski definition) is 3. The van der Waals surface area contributed by atoms with Crippen molar-refractivity contribution in [2.24, 2.45) is 17.3 Å². The summed E-state index contributed by atoms with van der Waals surface area (Å²) in [6, 6.07) is 0.236. The van der Waals surface area contributed by atoms with Crippen molar-refractivity contribution >= 4 is 18.4 Å². The minimum absolute atomic E-state index is 0.0381. The second kappa shape index (κ2) is 6.58. The zero-order valence-corrected chi connectivity index (χ0v) is 12.7. The predicted octanol–water partition coefficient (Wildman–Crippen LogP) is 2.87. The largest absolute Gasteiger partial charge is 0.309 e. The number of nitrogens with one attached hydrogen (secondary N) is 1. The number of allylic oxidation sites excluding steroid dienone is 3. The van der Waals surface area contributed by atoms with Gasteiger partial charge < -0.3 is 5.32 Å². The van der Waals surface area contributed by atoms with E-state index in [9.17, 15) is 4.79 Å². The fraction of sp³-hybridized carbons (Fsp3) is 0.667. The van der Waals surface area contributed by atoms with Gasteiger partial charge in [-0.25, -0.2) is 0 Å². The first-order chi connectivity index (χ1) is 8.45. The van der Waals surface area contributed by atoms with Gasteiger partial charge in [0.2, 0.25) is 0 Å². The zero-order valence-electron chi connectivity index (χ0n) is 11.8. The molecule has 0 saturated heterocycles. The lowest BCUT2D eigenvalue weighted by Gasteiger charge is -2.44. The number of rotatable bonds is 5. The predicted molar refractivity (Wildman–Crippen MR) is 81.0 cm³/mol. The van der Waals surface area contributed by atoms with Gasteiger partial charge in [-0.15, -0.1) is 0 Å². The third kappa shape index (κ3) is 3.27. The fourth-order valence-corrected chi connectivity index (χ4v) is 3.09. The average molecular weight is 267 g/mol. The van der Waals surface area contributed by atoms with Crippen LogP contribution in [0.4, 0.5) is 0 Å². The first-order valence-corrected chi connectivity index (χ1v) is 7.27. The summed E-state index contributed by atoms with van der Waals surface area (Å²) in [5.41, 5.74) is -0.0757. The summed E-state index contributed by atoms with van der Waals surface area (Å²) < 4.78 is 0. The van der Waals surface area contributed by atoms with E-state index in [2.05, 4.69) is 50.9 Å². The van der Waals surface area contributed by atoms with Crippen LogP contribution in [0.15, 0.2) is 24.3 Å². The van der Waals surface area contributed by atoms with Crippen molar-refractivity contribution in [3.05, 3.63) is 24.3 Å². The summed E-state index contributed by atoms with van der Waals surface area (Å²) in [4.78, 5) is 12.3. The van der Waals surface area contributed by atoms with Gasteiger partial charge in [-0.3, -0.25) is 4.79 Å². The lowest BCUT2D eigenvalue weighted by atomic mass is 9.63. The molecule has 1 aliphatic carbocycles.